The van der Waals surface area contributed by atoms with Crippen molar-refractivity contribution in [3.05, 3.63) is 11.1 Å². The molecule has 1 aliphatic carbocycles. The Hall–Kier alpha value is -0.260. The summed E-state index contributed by atoms with van der Waals surface area (Å²) in [4.78, 5) is 0. The van der Waals surface area contributed by atoms with Crippen molar-refractivity contribution in [1.82, 2.24) is 0 Å². The van der Waals surface area contributed by atoms with Gasteiger partial charge in [0.05, 0.1) is 0 Å². The van der Waals surface area contributed by atoms with Crippen molar-refractivity contribution in [2.75, 3.05) is 0 Å². The van der Waals surface area contributed by atoms with Gasteiger partial charge in [-0.15, -0.1) is 0 Å². The maximum Gasteiger partial charge on any atom is -0.0103 e. The summed E-state index contributed by atoms with van der Waals surface area (Å²) in [6, 6.07) is 0. The first-order chi connectivity index (χ1) is 8.38. The molecule has 0 aromatic heterocycles. The van der Waals surface area contributed by atoms with Crippen LogP contribution in [-0.4, -0.2) is 0 Å². The Bertz CT molecular complexity index is 190. The molecule has 1 rings (SSSR count). The van der Waals surface area contributed by atoms with Crippen LogP contribution < -0.4 is 0 Å². The molecule has 0 fully saturated rings. The van der Waals surface area contributed by atoms with Gasteiger partial charge in [0, 0.05) is 0 Å². The van der Waals surface area contributed by atoms with Crippen molar-refractivity contribution in [1.29, 1.82) is 0 Å². The minimum atomic E-state index is 1.37. The molecule has 0 heterocycles. The van der Waals surface area contributed by atoms with E-state index in [9.17, 15) is 0 Å². The smallest absolute Gasteiger partial charge is 0.0103 e. The molecule has 0 aromatic carbocycles. The summed E-state index contributed by atoms with van der Waals surface area (Å²) in [5.74, 6) is 0. The zero-order valence-corrected chi connectivity index (χ0v) is 12.2. The van der Waals surface area contributed by atoms with Crippen molar-refractivity contribution in [3.8, 4) is 0 Å². The van der Waals surface area contributed by atoms with Crippen LogP contribution in [0.2, 0.25) is 0 Å². The molecule has 0 bridgehead atoms. The van der Waals surface area contributed by atoms with Gasteiger partial charge >= 0.3 is 0 Å². The Labute approximate surface area is 109 Å². The van der Waals surface area contributed by atoms with Gasteiger partial charge in [-0.25, -0.2) is 0 Å². The molecule has 0 amide bonds. The van der Waals surface area contributed by atoms with Crippen LogP contribution in [0, 0.1) is 0 Å². The third kappa shape index (κ3) is 7.63. The molecule has 0 atom stereocenters. The monoisotopic (exact) mass is 236 g/mol. The summed E-state index contributed by atoms with van der Waals surface area (Å²) in [5, 5.41) is 0. The van der Waals surface area contributed by atoms with E-state index in [2.05, 4.69) is 13.8 Å². The van der Waals surface area contributed by atoms with Gasteiger partial charge in [0.1, 0.15) is 0 Å². The zero-order chi connectivity index (χ0) is 12.3. The number of rotatable bonds is 12. The number of hydrogen-bond acceptors (Lipinski definition) is 0. The Kier molecular flexibility index (Phi) is 8.48. The molecule has 0 spiro atoms. The Morgan fingerprint density at radius 2 is 1.00 bits per heavy atom. The van der Waals surface area contributed by atoms with Crippen LogP contribution in [0.25, 0.3) is 0 Å². The standard InChI is InChI=1S/C17H32/c1-3-5-7-9-11-13-16-15-17(16)14-12-10-8-6-4-2/h3-15H2,1-2H3. The van der Waals surface area contributed by atoms with Crippen LogP contribution in [0.3, 0.4) is 0 Å². The van der Waals surface area contributed by atoms with Crippen molar-refractivity contribution in [2.24, 2.45) is 0 Å². The first kappa shape index (κ1) is 14.8. The first-order valence-corrected chi connectivity index (χ1v) is 8.08. The van der Waals surface area contributed by atoms with Crippen molar-refractivity contribution < 1.29 is 0 Å². The van der Waals surface area contributed by atoms with Crippen LogP contribution >= 0.6 is 0 Å². The van der Waals surface area contributed by atoms with E-state index in [0.717, 1.165) is 0 Å². The minimum absolute atomic E-state index is 1.37. The molecule has 0 nitrogen and oxygen atoms in total. The molecule has 17 heavy (non-hydrogen) atoms. The second kappa shape index (κ2) is 9.74. The van der Waals surface area contributed by atoms with E-state index >= 15 is 0 Å². The van der Waals surface area contributed by atoms with Crippen molar-refractivity contribution >= 4 is 0 Å². The lowest BCUT2D eigenvalue weighted by molar-refractivity contribution is 0.631. The summed E-state index contributed by atoms with van der Waals surface area (Å²) in [5.41, 5.74) is 3.66. The number of hydrogen-bond donors (Lipinski definition) is 0. The highest BCUT2D eigenvalue weighted by Gasteiger charge is 2.19. The molecule has 0 unspecified atom stereocenters. The average molecular weight is 236 g/mol. The van der Waals surface area contributed by atoms with Gasteiger partial charge in [-0.05, 0) is 32.1 Å². The van der Waals surface area contributed by atoms with E-state index in [1.54, 1.807) is 0 Å². The van der Waals surface area contributed by atoms with Crippen LogP contribution in [0.15, 0.2) is 11.1 Å². The molecule has 1 aliphatic rings. The van der Waals surface area contributed by atoms with Gasteiger partial charge in [-0.3, -0.25) is 0 Å². The fourth-order valence-electron chi connectivity index (χ4n) is 2.63. The molecule has 0 saturated carbocycles. The van der Waals surface area contributed by atoms with Crippen molar-refractivity contribution in [3.63, 3.8) is 0 Å². The first-order valence-electron chi connectivity index (χ1n) is 8.08. The number of unbranched alkanes of at least 4 members (excludes halogenated alkanes) is 8. The van der Waals surface area contributed by atoms with E-state index in [1.165, 1.54) is 83.5 Å². The lowest BCUT2D eigenvalue weighted by Gasteiger charge is -1.97. The highest BCUT2D eigenvalue weighted by Crippen LogP contribution is 2.38. The molecular formula is C17H32. The molecular weight excluding hydrogens is 204 g/mol. The van der Waals surface area contributed by atoms with Crippen LogP contribution in [0.4, 0.5) is 0 Å². The predicted molar refractivity (Wildman–Crippen MR) is 78.4 cm³/mol. The van der Waals surface area contributed by atoms with Gasteiger partial charge < -0.3 is 0 Å². The normalized spacial score (nSPS) is 14.5. The Morgan fingerprint density at radius 3 is 1.41 bits per heavy atom. The van der Waals surface area contributed by atoms with E-state index in [-0.39, 0.29) is 0 Å². The third-order valence-corrected chi connectivity index (χ3v) is 3.97. The van der Waals surface area contributed by atoms with Gasteiger partial charge in [0.25, 0.3) is 0 Å². The minimum Gasteiger partial charge on any atom is -0.0666 e. The SMILES string of the molecule is CCCCCCCC1=C(CCCCCCC)C1. The van der Waals surface area contributed by atoms with E-state index in [4.69, 9.17) is 0 Å². The number of allylic oxidation sites excluding steroid dienone is 2. The summed E-state index contributed by atoms with van der Waals surface area (Å²) in [7, 11) is 0. The van der Waals surface area contributed by atoms with Gasteiger partial charge in [-0.1, -0.05) is 76.4 Å². The fraction of sp³-hybridized carbons (Fsp3) is 0.882. The molecule has 0 radical (unpaired) electrons. The lowest BCUT2D eigenvalue weighted by Crippen LogP contribution is -1.77. The average Bonchev–Trinajstić information content (AvgIpc) is 3.07. The molecule has 0 N–H and O–H groups in total. The highest BCUT2D eigenvalue weighted by atomic mass is 14.2. The van der Waals surface area contributed by atoms with Gasteiger partial charge in [0.2, 0.25) is 0 Å². The fourth-order valence-corrected chi connectivity index (χ4v) is 2.63. The summed E-state index contributed by atoms with van der Waals surface area (Å²) in [6.07, 6.45) is 18.6. The lowest BCUT2D eigenvalue weighted by atomic mass is 10.1. The second-order valence-electron chi connectivity index (χ2n) is 5.71. The predicted octanol–water partition coefficient (Wildman–Crippen LogP) is 6.41. The van der Waals surface area contributed by atoms with Gasteiger partial charge in [-0.2, -0.15) is 0 Å². The Balaban J connectivity index is 1.87. The third-order valence-electron chi connectivity index (χ3n) is 3.97. The van der Waals surface area contributed by atoms with Crippen LogP contribution in [0.5, 0.6) is 0 Å². The van der Waals surface area contributed by atoms with E-state index in [0.29, 0.717) is 0 Å². The van der Waals surface area contributed by atoms with Crippen molar-refractivity contribution in [2.45, 2.75) is 97.3 Å². The highest BCUT2D eigenvalue weighted by molar-refractivity contribution is 5.34. The molecule has 100 valence electrons. The van der Waals surface area contributed by atoms with E-state index in [1.807, 2.05) is 11.1 Å². The topological polar surface area (TPSA) is 0 Å². The largest absolute Gasteiger partial charge is 0.0666 e. The maximum absolute atomic E-state index is 2.29. The molecule has 0 aliphatic heterocycles. The zero-order valence-electron chi connectivity index (χ0n) is 12.2. The summed E-state index contributed by atoms with van der Waals surface area (Å²) >= 11 is 0. The quantitative estimate of drug-likeness (QED) is 0.271. The Morgan fingerprint density at radius 1 is 0.588 bits per heavy atom. The summed E-state index contributed by atoms with van der Waals surface area (Å²) < 4.78 is 0. The second-order valence-corrected chi connectivity index (χ2v) is 5.71. The van der Waals surface area contributed by atoms with Gasteiger partial charge in [0.15, 0.2) is 0 Å². The van der Waals surface area contributed by atoms with Crippen LogP contribution in [-0.2, 0) is 0 Å². The molecule has 0 heteroatoms. The summed E-state index contributed by atoms with van der Waals surface area (Å²) in [6.45, 7) is 4.58. The maximum atomic E-state index is 2.29. The van der Waals surface area contributed by atoms with Crippen LogP contribution in [0.1, 0.15) is 97.3 Å². The molecule has 0 aromatic rings. The van der Waals surface area contributed by atoms with E-state index < -0.39 is 0 Å². The molecule has 0 saturated heterocycles.